The zero-order chi connectivity index (χ0) is 17.1. The predicted octanol–water partition coefficient (Wildman–Crippen LogP) is 2.00. The van der Waals surface area contributed by atoms with Crippen LogP contribution in [-0.2, 0) is 20.7 Å². The fourth-order valence-corrected chi connectivity index (χ4v) is 2.69. The van der Waals surface area contributed by atoms with Crippen molar-refractivity contribution in [2.24, 2.45) is 0 Å². The molecular formula is C17H19N3O4. The van der Waals surface area contributed by atoms with Crippen molar-refractivity contribution in [2.75, 3.05) is 18.1 Å². The highest BCUT2D eigenvalue weighted by molar-refractivity contribution is 5.96. The molecule has 0 spiro atoms. The molecule has 2 aromatic rings. The van der Waals surface area contributed by atoms with Gasteiger partial charge in [0.2, 0.25) is 17.7 Å². The molecule has 1 atom stereocenters. The molecule has 0 aliphatic carbocycles. The Morgan fingerprint density at radius 2 is 2.08 bits per heavy atom. The molecule has 1 saturated heterocycles. The molecule has 7 nitrogen and oxygen atoms in total. The molecule has 0 radical (unpaired) electrons. The van der Waals surface area contributed by atoms with Crippen molar-refractivity contribution in [1.29, 1.82) is 0 Å². The number of aryl methyl sites for hydroxylation is 1. The molecular weight excluding hydrogens is 310 g/mol. The number of benzene rings is 1. The molecule has 1 aromatic carbocycles. The lowest BCUT2D eigenvalue weighted by atomic mass is 10.1. The van der Waals surface area contributed by atoms with Gasteiger partial charge in [-0.05, 0) is 26.0 Å². The summed E-state index contributed by atoms with van der Waals surface area (Å²) >= 11 is 0. The summed E-state index contributed by atoms with van der Waals surface area (Å²) in [6.45, 7) is 4.54. The van der Waals surface area contributed by atoms with Crippen molar-refractivity contribution in [1.82, 2.24) is 10.2 Å². The van der Waals surface area contributed by atoms with Crippen LogP contribution in [0.3, 0.4) is 0 Å². The first-order valence-corrected chi connectivity index (χ1v) is 7.91. The Bertz CT molecular complexity index is 739. The van der Waals surface area contributed by atoms with Crippen LogP contribution < -0.4 is 4.90 Å². The van der Waals surface area contributed by atoms with Gasteiger partial charge in [0.1, 0.15) is 6.42 Å². The van der Waals surface area contributed by atoms with Crippen molar-refractivity contribution in [2.45, 2.75) is 32.6 Å². The Morgan fingerprint density at radius 1 is 1.33 bits per heavy atom. The number of hydrogen-bond donors (Lipinski definition) is 0. The van der Waals surface area contributed by atoms with E-state index in [0.29, 0.717) is 25.5 Å². The standard InChI is InChI=1S/C17H19N3O4/c1-3-23-16(22)9-14-18-19-17(24-14)12-8-15(21)20(10-12)13-6-4-11(2)5-7-13/h4-7,12H,3,8-10H2,1-2H3/t12-/m1/s1. The summed E-state index contributed by atoms with van der Waals surface area (Å²) in [6, 6.07) is 7.80. The minimum atomic E-state index is -0.406. The van der Waals surface area contributed by atoms with E-state index in [0.717, 1.165) is 11.3 Å². The Labute approximate surface area is 139 Å². The molecule has 1 aliphatic heterocycles. The number of amides is 1. The molecule has 0 bridgehead atoms. The smallest absolute Gasteiger partial charge is 0.315 e. The van der Waals surface area contributed by atoms with Crippen molar-refractivity contribution < 1.29 is 18.7 Å². The number of ether oxygens (including phenoxy) is 1. The summed E-state index contributed by atoms with van der Waals surface area (Å²) in [5.74, 6) is 0.0506. The van der Waals surface area contributed by atoms with Gasteiger partial charge in [-0.2, -0.15) is 0 Å². The number of esters is 1. The van der Waals surface area contributed by atoms with Crippen molar-refractivity contribution >= 4 is 17.6 Å². The highest BCUT2D eigenvalue weighted by Gasteiger charge is 2.35. The van der Waals surface area contributed by atoms with E-state index in [9.17, 15) is 9.59 Å². The van der Waals surface area contributed by atoms with Gasteiger partial charge in [0.25, 0.3) is 0 Å². The third-order valence-electron chi connectivity index (χ3n) is 3.90. The van der Waals surface area contributed by atoms with Crippen LogP contribution in [0.1, 0.15) is 36.6 Å². The van der Waals surface area contributed by atoms with E-state index < -0.39 is 5.97 Å². The van der Waals surface area contributed by atoms with Gasteiger partial charge in [0.15, 0.2) is 0 Å². The molecule has 126 valence electrons. The van der Waals surface area contributed by atoms with Crippen molar-refractivity contribution in [3.8, 4) is 0 Å². The number of aromatic nitrogens is 2. The maximum atomic E-state index is 12.3. The molecule has 3 rings (SSSR count). The first-order valence-electron chi connectivity index (χ1n) is 7.91. The van der Waals surface area contributed by atoms with Crippen molar-refractivity contribution in [3.63, 3.8) is 0 Å². The predicted molar refractivity (Wildman–Crippen MR) is 85.5 cm³/mol. The lowest BCUT2D eigenvalue weighted by molar-refractivity contribution is -0.142. The fourth-order valence-electron chi connectivity index (χ4n) is 2.69. The van der Waals surface area contributed by atoms with Gasteiger partial charge in [-0.15, -0.1) is 10.2 Å². The molecule has 1 aliphatic rings. The Hall–Kier alpha value is -2.70. The second-order valence-corrected chi connectivity index (χ2v) is 5.76. The zero-order valence-electron chi connectivity index (χ0n) is 13.7. The molecule has 0 N–H and O–H groups in total. The molecule has 1 aromatic heterocycles. The van der Waals surface area contributed by atoms with Crippen molar-refractivity contribution in [3.05, 3.63) is 41.6 Å². The van der Waals surface area contributed by atoms with E-state index in [1.165, 1.54) is 0 Å². The van der Waals surface area contributed by atoms with Crippen LogP contribution in [0, 0.1) is 6.92 Å². The fraction of sp³-hybridized carbons (Fsp3) is 0.412. The number of hydrogen-bond acceptors (Lipinski definition) is 6. The summed E-state index contributed by atoms with van der Waals surface area (Å²) in [5.41, 5.74) is 2.00. The first kappa shape index (κ1) is 16.2. The Kier molecular flexibility index (Phi) is 4.59. The Balaban J connectivity index is 1.68. The highest BCUT2D eigenvalue weighted by atomic mass is 16.5. The lowest BCUT2D eigenvalue weighted by Crippen LogP contribution is -2.24. The zero-order valence-corrected chi connectivity index (χ0v) is 13.7. The summed E-state index contributed by atoms with van der Waals surface area (Å²) in [7, 11) is 0. The average molecular weight is 329 g/mol. The minimum Gasteiger partial charge on any atom is -0.466 e. The van der Waals surface area contributed by atoms with Crippen LogP contribution in [0.25, 0.3) is 0 Å². The third kappa shape index (κ3) is 3.45. The van der Waals surface area contributed by atoms with Gasteiger partial charge in [-0.3, -0.25) is 9.59 Å². The largest absolute Gasteiger partial charge is 0.466 e. The quantitative estimate of drug-likeness (QED) is 0.780. The van der Waals surface area contributed by atoms with Gasteiger partial charge in [0, 0.05) is 18.7 Å². The van der Waals surface area contributed by atoms with Crippen LogP contribution in [0.4, 0.5) is 5.69 Å². The number of carbonyl (C=O) groups is 2. The Morgan fingerprint density at radius 3 is 2.79 bits per heavy atom. The summed E-state index contributed by atoms with van der Waals surface area (Å²) < 4.78 is 10.4. The topological polar surface area (TPSA) is 85.5 Å². The van der Waals surface area contributed by atoms with Gasteiger partial charge in [0.05, 0.1) is 12.5 Å². The molecule has 2 heterocycles. The molecule has 0 unspecified atom stereocenters. The number of carbonyl (C=O) groups excluding carboxylic acids is 2. The van der Waals surface area contributed by atoms with E-state index in [4.69, 9.17) is 9.15 Å². The van der Waals surface area contributed by atoms with E-state index >= 15 is 0 Å². The maximum Gasteiger partial charge on any atom is 0.315 e. The van der Waals surface area contributed by atoms with Crippen LogP contribution >= 0.6 is 0 Å². The molecule has 24 heavy (non-hydrogen) atoms. The van der Waals surface area contributed by atoms with Crippen LogP contribution in [-0.4, -0.2) is 35.2 Å². The number of nitrogens with zero attached hydrogens (tertiary/aromatic N) is 3. The second-order valence-electron chi connectivity index (χ2n) is 5.76. The minimum absolute atomic E-state index is 0.0222. The molecule has 1 amide bonds. The molecule has 1 fully saturated rings. The number of rotatable bonds is 5. The molecule has 7 heteroatoms. The normalized spacial score (nSPS) is 17.3. The van der Waals surface area contributed by atoms with Crippen LogP contribution in [0.2, 0.25) is 0 Å². The molecule has 0 saturated carbocycles. The first-order chi connectivity index (χ1) is 11.6. The maximum absolute atomic E-state index is 12.3. The van der Waals surface area contributed by atoms with Gasteiger partial charge in [-0.25, -0.2) is 0 Å². The van der Waals surface area contributed by atoms with E-state index in [-0.39, 0.29) is 24.1 Å². The van der Waals surface area contributed by atoms with Gasteiger partial charge < -0.3 is 14.1 Å². The van der Waals surface area contributed by atoms with E-state index in [2.05, 4.69) is 10.2 Å². The number of anilines is 1. The monoisotopic (exact) mass is 329 g/mol. The third-order valence-corrected chi connectivity index (χ3v) is 3.90. The van der Waals surface area contributed by atoms with Gasteiger partial charge >= 0.3 is 5.97 Å². The highest BCUT2D eigenvalue weighted by Crippen LogP contribution is 2.31. The SMILES string of the molecule is CCOC(=O)Cc1nnc([C@@H]2CC(=O)N(c3ccc(C)cc3)C2)o1. The lowest BCUT2D eigenvalue weighted by Gasteiger charge is -2.16. The van der Waals surface area contributed by atoms with E-state index in [1.807, 2.05) is 31.2 Å². The second kappa shape index (κ2) is 6.82. The van der Waals surface area contributed by atoms with Gasteiger partial charge in [-0.1, -0.05) is 17.7 Å². The summed E-state index contributed by atoms with van der Waals surface area (Å²) in [6.07, 6.45) is 0.262. The van der Waals surface area contributed by atoms with Crippen LogP contribution in [0.5, 0.6) is 0 Å². The average Bonchev–Trinajstić information content (AvgIpc) is 3.15. The van der Waals surface area contributed by atoms with Crippen LogP contribution in [0.15, 0.2) is 28.7 Å². The summed E-state index contributed by atoms with van der Waals surface area (Å²) in [4.78, 5) is 25.4. The van der Waals surface area contributed by atoms with E-state index in [1.54, 1.807) is 11.8 Å². The summed E-state index contributed by atoms with van der Waals surface area (Å²) in [5, 5.41) is 7.85.